The van der Waals surface area contributed by atoms with Crippen LogP contribution in [-0.2, 0) is 16.6 Å². The maximum atomic E-state index is 13.8. The highest BCUT2D eigenvalue weighted by Gasteiger charge is 2.36. The third-order valence-electron chi connectivity index (χ3n) is 5.70. The van der Waals surface area contributed by atoms with Gasteiger partial charge in [-0.1, -0.05) is 30.3 Å². The van der Waals surface area contributed by atoms with Crippen LogP contribution in [0.25, 0.3) is 10.1 Å². The summed E-state index contributed by atoms with van der Waals surface area (Å²) in [4.78, 5) is 1.45. The standard InChI is InChI=1S/C23H22BrF5N2O3S2/c24-20-18-4-1-2-5-19(18)35-21(20)31(14-16-6-8-17(9-7-16)34-23(27,28)29)36(32,33)13-12-30-11-3-10-22(25,26)15-30/h1-2,4-9H,3,10-15H2. The first-order valence-electron chi connectivity index (χ1n) is 11.0. The van der Waals surface area contributed by atoms with E-state index in [9.17, 15) is 30.4 Å². The first-order chi connectivity index (χ1) is 16.8. The number of ether oxygens (including phenoxy) is 1. The van der Waals surface area contributed by atoms with E-state index < -0.39 is 34.6 Å². The molecule has 1 aromatic heterocycles. The van der Waals surface area contributed by atoms with Crippen LogP contribution in [0.2, 0.25) is 0 Å². The lowest BCUT2D eigenvalue weighted by Crippen LogP contribution is -2.45. The molecule has 0 aliphatic carbocycles. The number of sulfonamides is 1. The molecule has 0 amide bonds. The van der Waals surface area contributed by atoms with Crippen molar-refractivity contribution in [3.05, 3.63) is 58.6 Å². The van der Waals surface area contributed by atoms with E-state index in [1.807, 2.05) is 24.3 Å². The van der Waals surface area contributed by atoms with Gasteiger partial charge in [0.05, 0.1) is 23.3 Å². The van der Waals surface area contributed by atoms with Crippen molar-refractivity contribution in [1.29, 1.82) is 0 Å². The lowest BCUT2D eigenvalue weighted by atomic mass is 10.1. The van der Waals surface area contributed by atoms with Crippen LogP contribution >= 0.6 is 27.3 Å². The molecule has 36 heavy (non-hydrogen) atoms. The largest absolute Gasteiger partial charge is 0.573 e. The van der Waals surface area contributed by atoms with E-state index in [0.717, 1.165) is 22.2 Å². The van der Waals surface area contributed by atoms with Crippen molar-refractivity contribution in [2.24, 2.45) is 0 Å². The second-order valence-electron chi connectivity index (χ2n) is 8.47. The van der Waals surface area contributed by atoms with E-state index in [0.29, 0.717) is 21.6 Å². The van der Waals surface area contributed by atoms with Crippen molar-refractivity contribution in [2.75, 3.05) is 29.7 Å². The van der Waals surface area contributed by atoms with Gasteiger partial charge in [-0.2, -0.15) is 0 Å². The Morgan fingerprint density at radius 1 is 1.11 bits per heavy atom. The van der Waals surface area contributed by atoms with Crippen molar-refractivity contribution in [3.63, 3.8) is 0 Å². The summed E-state index contributed by atoms with van der Waals surface area (Å²) in [6.45, 7) is -0.320. The fraction of sp³-hybridized carbons (Fsp3) is 0.391. The van der Waals surface area contributed by atoms with Gasteiger partial charge in [-0.25, -0.2) is 17.2 Å². The zero-order valence-corrected chi connectivity index (χ0v) is 22.0. The number of likely N-dealkylation sites (tertiary alicyclic amines) is 1. The summed E-state index contributed by atoms with van der Waals surface area (Å²) in [5.41, 5.74) is 0.432. The molecule has 2 aromatic carbocycles. The minimum absolute atomic E-state index is 0.0602. The maximum absolute atomic E-state index is 13.8. The van der Waals surface area contributed by atoms with Gasteiger partial charge in [0, 0.05) is 23.1 Å². The van der Waals surface area contributed by atoms with Gasteiger partial charge in [-0.15, -0.1) is 24.5 Å². The number of rotatable bonds is 8. The molecule has 13 heteroatoms. The molecule has 0 atom stereocenters. The second-order valence-corrected chi connectivity index (χ2v) is 12.3. The molecule has 0 radical (unpaired) electrons. The lowest BCUT2D eigenvalue weighted by molar-refractivity contribution is -0.274. The summed E-state index contributed by atoms with van der Waals surface area (Å²) in [5.74, 6) is -3.66. The number of benzene rings is 2. The fourth-order valence-corrected chi connectivity index (χ4v) is 7.92. The quantitative estimate of drug-likeness (QED) is 0.268. The van der Waals surface area contributed by atoms with Crippen LogP contribution < -0.4 is 9.04 Å². The van der Waals surface area contributed by atoms with Crippen molar-refractivity contribution in [3.8, 4) is 5.75 Å². The van der Waals surface area contributed by atoms with Gasteiger partial charge < -0.3 is 4.74 Å². The van der Waals surface area contributed by atoms with Crippen LogP contribution in [0.5, 0.6) is 5.75 Å². The third-order valence-corrected chi connectivity index (χ3v) is 9.76. The van der Waals surface area contributed by atoms with E-state index in [1.165, 1.54) is 32.7 Å². The van der Waals surface area contributed by atoms with Crippen LogP contribution in [0.4, 0.5) is 27.0 Å². The summed E-state index contributed by atoms with van der Waals surface area (Å²) in [7, 11) is -4.00. The van der Waals surface area contributed by atoms with Gasteiger partial charge in [-0.05, 0) is 52.7 Å². The molecule has 1 aliphatic heterocycles. The van der Waals surface area contributed by atoms with E-state index in [4.69, 9.17) is 0 Å². The van der Waals surface area contributed by atoms with Gasteiger partial charge in [0.2, 0.25) is 10.0 Å². The SMILES string of the molecule is O=S(=O)(CCN1CCCC(F)(F)C1)N(Cc1ccc(OC(F)(F)F)cc1)c1sc2ccccc2c1Br. The van der Waals surface area contributed by atoms with E-state index in [1.54, 1.807) is 0 Å². The summed E-state index contributed by atoms with van der Waals surface area (Å²) in [6.07, 6.45) is -4.78. The van der Waals surface area contributed by atoms with Gasteiger partial charge in [0.15, 0.2) is 0 Å². The molecule has 0 saturated carbocycles. The van der Waals surface area contributed by atoms with Gasteiger partial charge in [0.1, 0.15) is 10.8 Å². The molecule has 4 rings (SSSR count). The highest BCUT2D eigenvalue weighted by atomic mass is 79.9. The maximum Gasteiger partial charge on any atom is 0.573 e. The topological polar surface area (TPSA) is 49.9 Å². The molecular formula is C23H22BrF5N2O3S2. The first-order valence-corrected chi connectivity index (χ1v) is 14.2. The Labute approximate surface area is 217 Å². The van der Waals surface area contributed by atoms with Crippen molar-refractivity contribution in [2.45, 2.75) is 31.7 Å². The van der Waals surface area contributed by atoms with Crippen LogP contribution in [0.1, 0.15) is 18.4 Å². The van der Waals surface area contributed by atoms with Gasteiger partial charge >= 0.3 is 6.36 Å². The Balaban J connectivity index is 1.62. The molecule has 1 saturated heterocycles. The molecule has 0 N–H and O–H groups in total. The summed E-state index contributed by atoms with van der Waals surface area (Å²) < 4.78 is 98.7. The fourth-order valence-electron chi connectivity index (χ4n) is 4.01. The minimum Gasteiger partial charge on any atom is -0.406 e. The minimum atomic E-state index is -4.84. The molecule has 196 valence electrons. The second kappa shape index (κ2) is 10.4. The van der Waals surface area contributed by atoms with Gasteiger partial charge in [0.25, 0.3) is 5.92 Å². The summed E-state index contributed by atoms with van der Waals surface area (Å²) in [5, 5.41) is 1.21. The van der Waals surface area contributed by atoms with Crippen LogP contribution in [-0.4, -0.2) is 51.0 Å². The molecule has 1 aliphatic rings. The Bertz CT molecular complexity index is 1310. The molecule has 0 bridgehead atoms. The number of thiophene rings is 1. The Morgan fingerprint density at radius 3 is 2.44 bits per heavy atom. The Hall–Kier alpha value is -1.96. The van der Waals surface area contributed by atoms with Crippen molar-refractivity contribution in [1.82, 2.24) is 4.90 Å². The predicted molar refractivity (Wildman–Crippen MR) is 133 cm³/mol. The molecule has 1 fully saturated rings. The van der Waals surface area contributed by atoms with E-state index >= 15 is 0 Å². The highest BCUT2D eigenvalue weighted by molar-refractivity contribution is 9.10. The first kappa shape index (κ1) is 27.1. The Morgan fingerprint density at radius 2 is 1.81 bits per heavy atom. The van der Waals surface area contributed by atoms with Crippen LogP contribution in [0.15, 0.2) is 53.0 Å². The summed E-state index contributed by atoms with van der Waals surface area (Å²) >= 11 is 4.74. The lowest BCUT2D eigenvalue weighted by Gasteiger charge is -2.33. The number of nitrogens with zero attached hydrogens (tertiary/aromatic N) is 2. The van der Waals surface area contributed by atoms with Gasteiger partial charge in [-0.3, -0.25) is 9.21 Å². The highest BCUT2D eigenvalue weighted by Crippen LogP contribution is 2.43. The Kier molecular flexibility index (Phi) is 7.84. The monoisotopic (exact) mass is 612 g/mol. The van der Waals surface area contributed by atoms with Crippen molar-refractivity contribution >= 4 is 52.4 Å². The zero-order chi connectivity index (χ0) is 26.1. The molecule has 0 unspecified atom stereocenters. The third kappa shape index (κ3) is 6.67. The van der Waals surface area contributed by atoms with Crippen molar-refractivity contribution < 1.29 is 35.1 Å². The number of alkyl halides is 5. The molecule has 0 spiro atoms. The van der Waals surface area contributed by atoms with E-state index in [-0.39, 0.29) is 31.7 Å². The number of halogens is 6. The van der Waals surface area contributed by atoms with Crippen LogP contribution in [0, 0.1) is 0 Å². The average Bonchev–Trinajstić information content (AvgIpc) is 3.12. The molecule has 3 aromatic rings. The molecule has 5 nitrogen and oxygen atoms in total. The average molecular weight is 613 g/mol. The number of piperidine rings is 1. The van der Waals surface area contributed by atoms with Crippen LogP contribution in [0.3, 0.4) is 0 Å². The number of hydrogen-bond donors (Lipinski definition) is 0. The zero-order valence-electron chi connectivity index (χ0n) is 18.8. The molecular weight excluding hydrogens is 591 g/mol. The number of hydrogen-bond acceptors (Lipinski definition) is 5. The van der Waals surface area contributed by atoms with E-state index in [2.05, 4.69) is 20.7 Å². The molecule has 2 heterocycles. The summed E-state index contributed by atoms with van der Waals surface area (Å²) in [6, 6.07) is 12.3. The normalized spacial score (nSPS) is 16.8. The number of anilines is 1. The predicted octanol–water partition coefficient (Wildman–Crippen LogP) is 6.63. The number of fused-ring (bicyclic) bond motifs is 1. The smallest absolute Gasteiger partial charge is 0.406 e.